The number of piperidine rings is 1. The van der Waals surface area contributed by atoms with E-state index in [9.17, 15) is 4.79 Å². The average molecular weight is 288 g/mol. The first-order valence-corrected chi connectivity index (χ1v) is 9.21. The van der Waals surface area contributed by atoms with Crippen LogP contribution in [0, 0.1) is 5.92 Å². The summed E-state index contributed by atoms with van der Waals surface area (Å²) in [5.74, 6) is 4.65. The zero-order valence-electron chi connectivity index (χ0n) is 11.0. The first-order valence-electron chi connectivity index (χ1n) is 7.01. The smallest absolute Gasteiger partial charge is 0.220 e. The highest BCUT2D eigenvalue weighted by atomic mass is 32.2. The molecule has 5 heteroatoms. The van der Waals surface area contributed by atoms with Gasteiger partial charge in [0, 0.05) is 35.5 Å². The summed E-state index contributed by atoms with van der Waals surface area (Å²) in [4.78, 5) is 11.8. The van der Waals surface area contributed by atoms with Gasteiger partial charge in [0.1, 0.15) is 0 Å². The summed E-state index contributed by atoms with van der Waals surface area (Å²) in [6.45, 7) is 3.11. The topological polar surface area (TPSA) is 41.1 Å². The molecule has 2 fully saturated rings. The third-order valence-electron chi connectivity index (χ3n) is 3.59. The van der Waals surface area contributed by atoms with Crippen molar-refractivity contribution >= 4 is 29.4 Å². The maximum absolute atomic E-state index is 11.8. The van der Waals surface area contributed by atoms with Gasteiger partial charge in [0.2, 0.25) is 5.91 Å². The number of carbonyl (C=O) groups excluding carboxylic acids is 1. The summed E-state index contributed by atoms with van der Waals surface area (Å²) in [6.07, 6.45) is 4.31. The second-order valence-electron chi connectivity index (χ2n) is 5.12. The van der Waals surface area contributed by atoms with Crippen LogP contribution in [0.4, 0.5) is 0 Å². The van der Waals surface area contributed by atoms with Crippen molar-refractivity contribution in [2.75, 3.05) is 36.9 Å². The van der Waals surface area contributed by atoms with E-state index >= 15 is 0 Å². The summed E-state index contributed by atoms with van der Waals surface area (Å²) < 4.78 is 0. The van der Waals surface area contributed by atoms with Crippen molar-refractivity contribution in [3.05, 3.63) is 0 Å². The highest BCUT2D eigenvalue weighted by Gasteiger charge is 2.17. The van der Waals surface area contributed by atoms with Crippen LogP contribution in [0.1, 0.15) is 25.7 Å². The minimum Gasteiger partial charge on any atom is -0.355 e. The highest BCUT2D eigenvalue weighted by Crippen LogP contribution is 2.23. The Kier molecular flexibility index (Phi) is 6.73. The van der Waals surface area contributed by atoms with Crippen LogP contribution in [0.5, 0.6) is 0 Å². The standard InChI is InChI=1S/C13H24N2OS2/c16-13(4-3-11-2-1-5-14-8-11)15-9-12-10-17-6-7-18-12/h11-12,14H,1-10H2,(H,15,16). The van der Waals surface area contributed by atoms with E-state index in [-0.39, 0.29) is 5.91 Å². The molecule has 0 bridgehead atoms. The van der Waals surface area contributed by atoms with Gasteiger partial charge in [-0.05, 0) is 38.3 Å². The number of amides is 1. The molecule has 104 valence electrons. The normalized spacial score (nSPS) is 28.9. The molecule has 18 heavy (non-hydrogen) atoms. The van der Waals surface area contributed by atoms with E-state index in [0.29, 0.717) is 17.6 Å². The summed E-state index contributed by atoms with van der Waals surface area (Å²) in [6, 6.07) is 0. The van der Waals surface area contributed by atoms with Gasteiger partial charge in [-0.15, -0.1) is 0 Å². The van der Waals surface area contributed by atoms with Gasteiger partial charge in [-0.2, -0.15) is 23.5 Å². The Balaban J connectivity index is 1.54. The summed E-state index contributed by atoms with van der Waals surface area (Å²) in [5, 5.41) is 7.13. The predicted octanol–water partition coefficient (Wildman–Crippen LogP) is 1.73. The van der Waals surface area contributed by atoms with Crippen molar-refractivity contribution < 1.29 is 4.79 Å². The number of carbonyl (C=O) groups is 1. The third-order valence-corrected chi connectivity index (χ3v) is 6.44. The zero-order valence-corrected chi connectivity index (χ0v) is 12.6. The van der Waals surface area contributed by atoms with E-state index < -0.39 is 0 Å². The van der Waals surface area contributed by atoms with Crippen molar-refractivity contribution in [2.24, 2.45) is 5.92 Å². The third kappa shape index (κ3) is 5.41. The fraction of sp³-hybridized carbons (Fsp3) is 0.923. The van der Waals surface area contributed by atoms with E-state index in [1.54, 1.807) is 0 Å². The molecule has 3 nitrogen and oxygen atoms in total. The van der Waals surface area contributed by atoms with Gasteiger partial charge in [0.05, 0.1) is 0 Å². The predicted molar refractivity (Wildman–Crippen MR) is 81.4 cm³/mol. The number of rotatable bonds is 5. The fourth-order valence-corrected chi connectivity index (χ4v) is 5.09. The molecule has 2 aliphatic rings. The van der Waals surface area contributed by atoms with Gasteiger partial charge in [-0.3, -0.25) is 4.79 Å². The molecular weight excluding hydrogens is 264 g/mol. The molecule has 0 aromatic rings. The molecule has 1 amide bonds. The van der Waals surface area contributed by atoms with E-state index in [1.165, 1.54) is 30.1 Å². The van der Waals surface area contributed by atoms with Gasteiger partial charge in [0.15, 0.2) is 0 Å². The Morgan fingerprint density at radius 2 is 2.33 bits per heavy atom. The molecule has 0 aromatic carbocycles. The molecule has 0 aromatic heterocycles. The van der Waals surface area contributed by atoms with Crippen molar-refractivity contribution in [3.8, 4) is 0 Å². The monoisotopic (exact) mass is 288 g/mol. The first-order chi connectivity index (χ1) is 8.84. The number of hydrogen-bond acceptors (Lipinski definition) is 4. The van der Waals surface area contributed by atoms with Crippen LogP contribution in [0.15, 0.2) is 0 Å². The molecule has 2 rings (SSSR count). The average Bonchev–Trinajstić information content (AvgIpc) is 2.45. The van der Waals surface area contributed by atoms with Crippen LogP contribution < -0.4 is 10.6 Å². The van der Waals surface area contributed by atoms with Gasteiger partial charge >= 0.3 is 0 Å². The Morgan fingerprint density at radius 1 is 1.39 bits per heavy atom. The SMILES string of the molecule is O=C(CCC1CCCNC1)NCC1CSCCS1. The van der Waals surface area contributed by atoms with Gasteiger partial charge in [-0.25, -0.2) is 0 Å². The summed E-state index contributed by atoms with van der Waals surface area (Å²) in [7, 11) is 0. The summed E-state index contributed by atoms with van der Waals surface area (Å²) >= 11 is 4.02. The van der Waals surface area contributed by atoms with Crippen molar-refractivity contribution in [2.45, 2.75) is 30.9 Å². The van der Waals surface area contributed by atoms with Gasteiger partial charge < -0.3 is 10.6 Å². The molecule has 2 heterocycles. The van der Waals surface area contributed by atoms with E-state index in [4.69, 9.17) is 0 Å². The first kappa shape index (κ1) is 14.5. The van der Waals surface area contributed by atoms with Gasteiger partial charge in [0.25, 0.3) is 0 Å². The van der Waals surface area contributed by atoms with Crippen LogP contribution >= 0.6 is 23.5 Å². The molecule has 2 saturated heterocycles. The molecule has 2 unspecified atom stereocenters. The maximum atomic E-state index is 11.8. The lowest BCUT2D eigenvalue weighted by Crippen LogP contribution is -2.34. The van der Waals surface area contributed by atoms with Crippen molar-refractivity contribution in [1.82, 2.24) is 10.6 Å². The van der Waals surface area contributed by atoms with E-state index in [2.05, 4.69) is 10.6 Å². The molecule has 2 atom stereocenters. The molecule has 2 aliphatic heterocycles. The van der Waals surface area contributed by atoms with Crippen LogP contribution in [0.3, 0.4) is 0 Å². The van der Waals surface area contributed by atoms with Crippen LogP contribution in [-0.4, -0.2) is 48.0 Å². The van der Waals surface area contributed by atoms with Gasteiger partial charge in [-0.1, -0.05) is 0 Å². The second kappa shape index (κ2) is 8.33. The fourth-order valence-electron chi connectivity index (χ4n) is 2.48. The Labute approximate surface area is 119 Å². The number of nitrogens with one attached hydrogen (secondary N) is 2. The van der Waals surface area contributed by atoms with Crippen LogP contribution in [0.25, 0.3) is 0 Å². The van der Waals surface area contributed by atoms with Crippen molar-refractivity contribution in [1.29, 1.82) is 0 Å². The minimum atomic E-state index is 0.247. The number of hydrogen-bond donors (Lipinski definition) is 2. The lowest BCUT2D eigenvalue weighted by atomic mass is 9.94. The molecule has 2 N–H and O–H groups in total. The Morgan fingerprint density at radius 3 is 3.06 bits per heavy atom. The Hall–Kier alpha value is 0.130. The van der Waals surface area contributed by atoms with Crippen molar-refractivity contribution in [3.63, 3.8) is 0 Å². The molecule has 0 spiro atoms. The largest absolute Gasteiger partial charge is 0.355 e. The molecule has 0 aliphatic carbocycles. The quantitative estimate of drug-likeness (QED) is 0.808. The highest BCUT2D eigenvalue weighted by molar-refractivity contribution is 8.06. The zero-order chi connectivity index (χ0) is 12.6. The lowest BCUT2D eigenvalue weighted by molar-refractivity contribution is -0.121. The van der Waals surface area contributed by atoms with Crippen LogP contribution in [-0.2, 0) is 4.79 Å². The molecular formula is C13H24N2OS2. The second-order valence-corrected chi connectivity index (χ2v) is 7.68. The summed E-state index contributed by atoms with van der Waals surface area (Å²) in [5.41, 5.74) is 0. The van der Waals surface area contributed by atoms with E-state index in [1.807, 2.05) is 23.5 Å². The molecule has 0 saturated carbocycles. The maximum Gasteiger partial charge on any atom is 0.220 e. The minimum absolute atomic E-state index is 0.247. The van der Waals surface area contributed by atoms with E-state index in [0.717, 1.165) is 26.1 Å². The number of thioether (sulfide) groups is 2. The Bertz CT molecular complexity index is 227. The van der Waals surface area contributed by atoms with Crippen LogP contribution in [0.2, 0.25) is 0 Å². The lowest BCUT2D eigenvalue weighted by Gasteiger charge is -2.23. The molecule has 0 radical (unpaired) electrons.